The van der Waals surface area contributed by atoms with Gasteiger partial charge in [-0.2, -0.15) is 0 Å². The number of aromatic nitrogens is 2. The van der Waals surface area contributed by atoms with Gasteiger partial charge in [0.2, 0.25) is 5.95 Å². The molecule has 2 heterocycles. The first kappa shape index (κ1) is 14.0. The highest BCUT2D eigenvalue weighted by molar-refractivity contribution is 5.77. The van der Waals surface area contributed by atoms with Gasteiger partial charge in [-0.25, -0.2) is 13.8 Å². The van der Waals surface area contributed by atoms with Crippen molar-refractivity contribution in [1.29, 1.82) is 0 Å². The molecule has 0 saturated carbocycles. The number of anilines is 2. The third-order valence-corrected chi connectivity index (χ3v) is 4.20. The van der Waals surface area contributed by atoms with Crippen LogP contribution in [0.1, 0.15) is 0 Å². The van der Waals surface area contributed by atoms with Crippen LogP contribution in [0.5, 0.6) is 0 Å². The Labute approximate surface area is 132 Å². The molecule has 0 amide bonds. The van der Waals surface area contributed by atoms with Gasteiger partial charge in [0.15, 0.2) is 0 Å². The van der Waals surface area contributed by atoms with E-state index in [0.29, 0.717) is 31.9 Å². The van der Waals surface area contributed by atoms with Crippen molar-refractivity contribution in [2.24, 2.45) is 0 Å². The topological polar surface area (TPSA) is 35.2 Å². The summed E-state index contributed by atoms with van der Waals surface area (Å²) in [7, 11) is 0. The van der Waals surface area contributed by atoms with Gasteiger partial charge in [-0.1, -0.05) is 12.1 Å². The van der Waals surface area contributed by atoms with Crippen LogP contribution in [-0.2, 0) is 0 Å². The number of para-hydroxylation sites is 2. The standard InChI is InChI=1S/C17H16F2N4/c18-12-5-6-13(19)16(11-12)22-7-9-23(10-8-22)17-20-14-3-1-2-4-15(14)21-17/h1-6,11H,7-10H2,(H,20,21). The molecule has 0 radical (unpaired) electrons. The summed E-state index contributed by atoms with van der Waals surface area (Å²) >= 11 is 0. The molecule has 1 aliphatic heterocycles. The fourth-order valence-electron chi connectivity index (χ4n) is 2.98. The third-order valence-electron chi connectivity index (χ3n) is 4.20. The van der Waals surface area contributed by atoms with Gasteiger partial charge in [0.05, 0.1) is 16.7 Å². The lowest BCUT2D eigenvalue weighted by Gasteiger charge is -2.36. The molecule has 1 saturated heterocycles. The number of rotatable bonds is 2. The molecular weight excluding hydrogens is 298 g/mol. The maximum Gasteiger partial charge on any atom is 0.203 e. The number of hydrogen-bond donors (Lipinski definition) is 1. The number of imidazole rings is 1. The van der Waals surface area contributed by atoms with E-state index in [1.165, 1.54) is 12.1 Å². The maximum absolute atomic E-state index is 13.9. The number of fused-ring (bicyclic) bond motifs is 1. The number of nitrogens with one attached hydrogen (secondary N) is 1. The first-order chi connectivity index (χ1) is 11.2. The summed E-state index contributed by atoms with van der Waals surface area (Å²) in [4.78, 5) is 11.9. The number of piperazine rings is 1. The molecule has 1 aliphatic rings. The molecule has 2 aromatic carbocycles. The zero-order chi connectivity index (χ0) is 15.8. The van der Waals surface area contributed by atoms with E-state index < -0.39 is 5.82 Å². The van der Waals surface area contributed by atoms with Gasteiger partial charge in [-0.15, -0.1) is 0 Å². The highest BCUT2D eigenvalue weighted by atomic mass is 19.1. The molecule has 0 spiro atoms. The van der Waals surface area contributed by atoms with Crippen LogP contribution in [0.15, 0.2) is 42.5 Å². The summed E-state index contributed by atoms with van der Waals surface area (Å²) in [5.74, 6) is 0.0234. The number of nitrogens with zero attached hydrogens (tertiary/aromatic N) is 3. The first-order valence-electron chi connectivity index (χ1n) is 7.60. The molecule has 4 rings (SSSR count). The van der Waals surface area contributed by atoms with E-state index in [1.807, 2.05) is 29.2 Å². The SMILES string of the molecule is Fc1ccc(F)c(N2CCN(c3nc4ccccc4[nH]3)CC2)c1. The summed E-state index contributed by atoms with van der Waals surface area (Å²) < 4.78 is 27.2. The minimum absolute atomic E-state index is 0.328. The lowest BCUT2D eigenvalue weighted by atomic mass is 10.2. The maximum atomic E-state index is 13.9. The molecule has 1 aromatic heterocycles. The Morgan fingerprint density at radius 1 is 0.913 bits per heavy atom. The Hall–Kier alpha value is -2.63. The first-order valence-corrected chi connectivity index (χ1v) is 7.60. The molecule has 0 aliphatic carbocycles. The van der Waals surface area contributed by atoms with Crippen molar-refractivity contribution in [2.75, 3.05) is 36.0 Å². The van der Waals surface area contributed by atoms with Crippen LogP contribution in [0.2, 0.25) is 0 Å². The minimum atomic E-state index is -0.416. The second-order valence-electron chi connectivity index (χ2n) is 5.65. The average Bonchev–Trinajstić information content (AvgIpc) is 3.01. The number of hydrogen-bond acceptors (Lipinski definition) is 3. The molecule has 0 bridgehead atoms. The van der Waals surface area contributed by atoms with Gasteiger partial charge in [0.25, 0.3) is 0 Å². The zero-order valence-electron chi connectivity index (χ0n) is 12.5. The highest BCUT2D eigenvalue weighted by Crippen LogP contribution is 2.24. The molecular formula is C17H16F2N4. The van der Waals surface area contributed by atoms with Crippen molar-refractivity contribution < 1.29 is 8.78 Å². The normalized spacial score (nSPS) is 15.4. The summed E-state index contributed by atoms with van der Waals surface area (Å²) in [6, 6.07) is 11.5. The molecule has 0 unspecified atom stereocenters. The van der Waals surface area contributed by atoms with Crippen molar-refractivity contribution in [1.82, 2.24) is 9.97 Å². The Kier molecular flexibility index (Phi) is 3.37. The predicted octanol–water partition coefficient (Wildman–Crippen LogP) is 3.17. The zero-order valence-corrected chi connectivity index (χ0v) is 12.5. The molecule has 4 nitrogen and oxygen atoms in total. The van der Waals surface area contributed by atoms with Gasteiger partial charge in [-0.05, 0) is 24.3 Å². The fourth-order valence-corrected chi connectivity index (χ4v) is 2.98. The van der Waals surface area contributed by atoms with Gasteiger partial charge in [-0.3, -0.25) is 0 Å². The average molecular weight is 314 g/mol. The lowest BCUT2D eigenvalue weighted by Crippen LogP contribution is -2.47. The number of benzene rings is 2. The number of aromatic amines is 1. The van der Waals surface area contributed by atoms with Crippen LogP contribution >= 0.6 is 0 Å². The lowest BCUT2D eigenvalue weighted by molar-refractivity contribution is 0.578. The second kappa shape index (κ2) is 5.53. The fraction of sp³-hybridized carbons (Fsp3) is 0.235. The Morgan fingerprint density at radius 2 is 1.65 bits per heavy atom. The van der Waals surface area contributed by atoms with Gasteiger partial charge in [0.1, 0.15) is 11.6 Å². The quantitative estimate of drug-likeness (QED) is 0.789. The molecule has 118 valence electrons. The van der Waals surface area contributed by atoms with E-state index in [9.17, 15) is 8.78 Å². The Balaban J connectivity index is 1.51. The van der Waals surface area contributed by atoms with Gasteiger partial charge < -0.3 is 14.8 Å². The van der Waals surface area contributed by atoms with E-state index in [0.717, 1.165) is 23.0 Å². The van der Waals surface area contributed by atoms with Crippen molar-refractivity contribution in [3.05, 3.63) is 54.1 Å². The van der Waals surface area contributed by atoms with Gasteiger partial charge in [0, 0.05) is 32.2 Å². The van der Waals surface area contributed by atoms with Crippen LogP contribution in [0, 0.1) is 11.6 Å². The molecule has 1 fully saturated rings. The summed E-state index contributed by atoms with van der Waals surface area (Å²) in [5, 5.41) is 0. The number of H-pyrrole nitrogens is 1. The van der Waals surface area contributed by atoms with Crippen LogP contribution in [-0.4, -0.2) is 36.1 Å². The smallest absolute Gasteiger partial charge is 0.203 e. The van der Waals surface area contributed by atoms with E-state index in [1.54, 1.807) is 0 Å². The van der Waals surface area contributed by atoms with Crippen LogP contribution < -0.4 is 9.80 Å². The van der Waals surface area contributed by atoms with E-state index >= 15 is 0 Å². The van der Waals surface area contributed by atoms with E-state index in [2.05, 4.69) is 14.9 Å². The minimum Gasteiger partial charge on any atom is -0.366 e. The molecule has 1 N–H and O–H groups in total. The van der Waals surface area contributed by atoms with Crippen molar-refractivity contribution in [3.8, 4) is 0 Å². The van der Waals surface area contributed by atoms with Crippen molar-refractivity contribution >= 4 is 22.7 Å². The van der Waals surface area contributed by atoms with Crippen molar-refractivity contribution in [3.63, 3.8) is 0 Å². The summed E-state index contributed by atoms with van der Waals surface area (Å²) in [6.07, 6.45) is 0. The van der Waals surface area contributed by atoms with E-state index in [-0.39, 0.29) is 5.82 Å². The third kappa shape index (κ3) is 2.60. The molecule has 3 aromatic rings. The monoisotopic (exact) mass is 314 g/mol. The highest BCUT2D eigenvalue weighted by Gasteiger charge is 2.21. The van der Waals surface area contributed by atoms with Crippen LogP contribution in [0.4, 0.5) is 20.4 Å². The Bertz CT molecular complexity index is 804. The summed E-state index contributed by atoms with van der Waals surface area (Å²) in [5.41, 5.74) is 2.26. The number of halogens is 2. The van der Waals surface area contributed by atoms with Crippen molar-refractivity contribution in [2.45, 2.75) is 0 Å². The second-order valence-corrected chi connectivity index (χ2v) is 5.65. The molecule has 23 heavy (non-hydrogen) atoms. The van der Waals surface area contributed by atoms with E-state index in [4.69, 9.17) is 0 Å². The van der Waals surface area contributed by atoms with Crippen LogP contribution in [0.3, 0.4) is 0 Å². The predicted molar refractivity (Wildman–Crippen MR) is 86.9 cm³/mol. The Morgan fingerprint density at radius 3 is 2.43 bits per heavy atom. The summed E-state index contributed by atoms with van der Waals surface area (Å²) in [6.45, 7) is 2.65. The largest absolute Gasteiger partial charge is 0.366 e. The van der Waals surface area contributed by atoms with Gasteiger partial charge >= 0.3 is 0 Å². The molecule has 6 heteroatoms. The van der Waals surface area contributed by atoms with Crippen LogP contribution in [0.25, 0.3) is 11.0 Å². The molecule has 0 atom stereocenters.